The predicted molar refractivity (Wildman–Crippen MR) is 149 cm³/mol. The van der Waals surface area contributed by atoms with Gasteiger partial charge in [0.15, 0.2) is 0 Å². The van der Waals surface area contributed by atoms with Gasteiger partial charge in [-0.1, -0.05) is 29.8 Å². The molecule has 38 heavy (non-hydrogen) atoms. The molecule has 1 unspecified atom stereocenters. The Morgan fingerprint density at radius 1 is 1.08 bits per heavy atom. The molecule has 2 aromatic carbocycles. The zero-order chi connectivity index (χ0) is 25.8. The number of benzene rings is 2. The molecule has 4 atom stereocenters. The standard InChI is InChI=1S/C30H35ClFN5O/c1-36-12-3-5-22(36)17-38-30-34-25-16-37(26-6-2-4-18-7-10-24(32)28(31)27(18)26)13-11-23(25)29(35-30)19-14-20-8-9-21(15-19)33-20/h2,4,6-7,10,19-22,33H,3,5,8-9,11-17H2,1H3/t19?,20-,21+,22-/m0/s1. The molecule has 200 valence electrons. The summed E-state index contributed by atoms with van der Waals surface area (Å²) in [5.41, 5.74) is 4.47. The van der Waals surface area contributed by atoms with Gasteiger partial charge >= 0.3 is 6.01 Å². The molecule has 4 aliphatic heterocycles. The summed E-state index contributed by atoms with van der Waals surface area (Å²) < 4.78 is 20.8. The van der Waals surface area contributed by atoms with Gasteiger partial charge in [0, 0.05) is 41.7 Å². The van der Waals surface area contributed by atoms with Crippen LogP contribution in [0.2, 0.25) is 5.02 Å². The lowest BCUT2D eigenvalue weighted by Gasteiger charge is -2.35. The molecule has 1 aromatic heterocycles. The molecule has 3 aromatic rings. The van der Waals surface area contributed by atoms with Gasteiger partial charge in [0.25, 0.3) is 0 Å². The Labute approximate surface area is 228 Å². The molecule has 6 nitrogen and oxygen atoms in total. The molecular formula is C30H35ClFN5O. The van der Waals surface area contributed by atoms with E-state index in [-0.39, 0.29) is 10.8 Å². The largest absolute Gasteiger partial charge is 0.462 e. The number of aromatic nitrogens is 2. The number of piperidine rings is 1. The highest BCUT2D eigenvalue weighted by Crippen LogP contribution is 2.41. The quantitative estimate of drug-likeness (QED) is 0.468. The Morgan fingerprint density at radius 3 is 2.71 bits per heavy atom. The van der Waals surface area contributed by atoms with Crippen LogP contribution in [-0.4, -0.2) is 59.7 Å². The first-order chi connectivity index (χ1) is 18.5. The molecule has 8 heteroatoms. The van der Waals surface area contributed by atoms with Gasteiger partial charge in [-0.3, -0.25) is 0 Å². The van der Waals surface area contributed by atoms with Crippen molar-refractivity contribution in [2.24, 2.45) is 0 Å². The zero-order valence-electron chi connectivity index (χ0n) is 21.9. The summed E-state index contributed by atoms with van der Waals surface area (Å²) >= 11 is 6.49. The Morgan fingerprint density at radius 2 is 1.92 bits per heavy atom. The van der Waals surface area contributed by atoms with Crippen molar-refractivity contribution in [3.05, 3.63) is 58.1 Å². The van der Waals surface area contributed by atoms with E-state index in [1.165, 1.54) is 36.6 Å². The minimum atomic E-state index is -0.387. The lowest BCUT2D eigenvalue weighted by atomic mass is 9.85. The maximum absolute atomic E-state index is 14.5. The summed E-state index contributed by atoms with van der Waals surface area (Å²) in [4.78, 5) is 14.7. The highest BCUT2D eigenvalue weighted by molar-refractivity contribution is 6.36. The number of ether oxygens (including phenoxy) is 1. The Bertz CT molecular complexity index is 1360. The predicted octanol–water partition coefficient (Wildman–Crippen LogP) is 5.46. The van der Waals surface area contributed by atoms with Crippen molar-refractivity contribution < 1.29 is 9.13 Å². The SMILES string of the molecule is CN1CCC[C@H]1COc1nc2c(c(C3C[C@H]4CC[C@@H](C3)N4)n1)CCN(c1cccc3ccc(F)c(Cl)c13)C2. The van der Waals surface area contributed by atoms with Crippen LogP contribution in [0.3, 0.4) is 0 Å². The van der Waals surface area contributed by atoms with Crippen molar-refractivity contribution in [1.82, 2.24) is 20.2 Å². The van der Waals surface area contributed by atoms with Gasteiger partial charge in [-0.25, -0.2) is 4.39 Å². The number of nitrogens with zero attached hydrogens (tertiary/aromatic N) is 4. The van der Waals surface area contributed by atoms with Gasteiger partial charge in [-0.2, -0.15) is 9.97 Å². The molecule has 0 saturated carbocycles. The first-order valence-electron chi connectivity index (χ1n) is 14.1. The Hall–Kier alpha value is -2.48. The van der Waals surface area contributed by atoms with Crippen LogP contribution in [0.5, 0.6) is 6.01 Å². The molecule has 0 aliphatic carbocycles. The minimum absolute atomic E-state index is 0.183. The monoisotopic (exact) mass is 535 g/mol. The van der Waals surface area contributed by atoms with Gasteiger partial charge in [0.2, 0.25) is 0 Å². The first kappa shape index (κ1) is 24.6. The summed E-state index contributed by atoms with van der Waals surface area (Å²) in [5.74, 6) is 0.0522. The van der Waals surface area contributed by atoms with E-state index in [1.54, 1.807) is 6.07 Å². The van der Waals surface area contributed by atoms with Crippen molar-refractivity contribution in [3.63, 3.8) is 0 Å². The number of likely N-dealkylation sites (tertiary alicyclic amines) is 1. The van der Waals surface area contributed by atoms with E-state index >= 15 is 0 Å². The van der Waals surface area contributed by atoms with Gasteiger partial charge in [0.1, 0.15) is 12.4 Å². The fourth-order valence-electron chi connectivity index (χ4n) is 7.24. The third kappa shape index (κ3) is 4.42. The lowest BCUT2D eigenvalue weighted by Crippen LogP contribution is -2.39. The number of anilines is 1. The third-order valence-corrected chi connectivity index (χ3v) is 9.64. The van der Waals surface area contributed by atoms with Crippen LogP contribution in [0.15, 0.2) is 30.3 Å². The number of hydrogen-bond donors (Lipinski definition) is 1. The van der Waals surface area contributed by atoms with E-state index in [9.17, 15) is 4.39 Å². The maximum Gasteiger partial charge on any atom is 0.316 e. The minimum Gasteiger partial charge on any atom is -0.462 e. The van der Waals surface area contributed by atoms with Crippen LogP contribution >= 0.6 is 11.6 Å². The molecule has 4 aliphatic rings. The molecule has 0 radical (unpaired) electrons. The van der Waals surface area contributed by atoms with Gasteiger partial charge in [0.05, 0.1) is 23.0 Å². The maximum atomic E-state index is 14.5. The van der Waals surface area contributed by atoms with Crippen molar-refractivity contribution >= 4 is 28.1 Å². The van der Waals surface area contributed by atoms with E-state index < -0.39 is 0 Å². The zero-order valence-corrected chi connectivity index (χ0v) is 22.7. The molecule has 0 spiro atoms. The van der Waals surface area contributed by atoms with Crippen LogP contribution in [0, 0.1) is 5.82 Å². The summed E-state index contributed by atoms with van der Waals surface area (Å²) in [6.45, 7) is 3.19. The van der Waals surface area contributed by atoms with Gasteiger partial charge in [-0.15, -0.1) is 0 Å². The van der Waals surface area contributed by atoms with Crippen LogP contribution < -0.4 is 15.0 Å². The number of hydrogen-bond acceptors (Lipinski definition) is 6. The second-order valence-corrected chi connectivity index (χ2v) is 12.0. The summed E-state index contributed by atoms with van der Waals surface area (Å²) in [6, 6.07) is 11.4. The average Bonchev–Trinajstić information content (AvgIpc) is 3.51. The van der Waals surface area contributed by atoms with Crippen LogP contribution in [0.25, 0.3) is 10.8 Å². The van der Waals surface area contributed by atoms with Crippen molar-refractivity contribution in [2.45, 2.75) is 75.5 Å². The van der Waals surface area contributed by atoms with Crippen LogP contribution in [0.4, 0.5) is 10.1 Å². The number of rotatable bonds is 5. The van der Waals surface area contributed by atoms with E-state index in [4.69, 9.17) is 26.3 Å². The summed E-state index contributed by atoms with van der Waals surface area (Å²) in [7, 11) is 2.17. The van der Waals surface area contributed by atoms with Crippen LogP contribution in [-0.2, 0) is 13.0 Å². The summed E-state index contributed by atoms with van der Waals surface area (Å²) in [6.07, 6.45) is 8.01. The molecule has 5 heterocycles. The fraction of sp³-hybridized carbons (Fsp3) is 0.533. The first-order valence-corrected chi connectivity index (χ1v) is 14.5. The smallest absolute Gasteiger partial charge is 0.316 e. The molecule has 3 saturated heterocycles. The molecule has 7 rings (SSSR count). The molecule has 3 fully saturated rings. The molecule has 1 N–H and O–H groups in total. The van der Waals surface area contributed by atoms with Crippen molar-refractivity contribution in [3.8, 4) is 6.01 Å². The van der Waals surface area contributed by atoms with E-state index in [2.05, 4.69) is 22.2 Å². The summed E-state index contributed by atoms with van der Waals surface area (Å²) in [5, 5.41) is 5.67. The lowest BCUT2D eigenvalue weighted by molar-refractivity contribution is 0.186. The second-order valence-electron chi connectivity index (χ2n) is 11.6. The second kappa shape index (κ2) is 9.92. The molecule has 0 amide bonds. The Kier molecular flexibility index (Phi) is 6.41. The highest BCUT2D eigenvalue weighted by atomic mass is 35.5. The van der Waals surface area contributed by atoms with E-state index in [1.807, 2.05) is 18.2 Å². The number of fused-ring (bicyclic) bond motifs is 4. The van der Waals surface area contributed by atoms with Crippen molar-refractivity contribution in [2.75, 3.05) is 31.6 Å². The number of nitrogens with one attached hydrogen (secondary N) is 1. The average molecular weight is 536 g/mol. The topological polar surface area (TPSA) is 53.5 Å². The van der Waals surface area contributed by atoms with Crippen LogP contribution in [0.1, 0.15) is 61.4 Å². The van der Waals surface area contributed by atoms with Gasteiger partial charge in [-0.05, 0) is 81.6 Å². The van der Waals surface area contributed by atoms with Crippen molar-refractivity contribution in [1.29, 1.82) is 0 Å². The third-order valence-electron chi connectivity index (χ3n) is 9.27. The fourth-order valence-corrected chi connectivity index (χ4v) is 7.51. The normalized spacial score (nSPS) is 27.2. The number of likely N-dealkylation sites (N-methyl/N-ethyl adjacent to an activating group) is 1. The Balaban J connectivity index is 1.24. The van der Waals surface area contributed by atoms with E-state index in [0.717, 1.165) is 60.9 Å². The van der Waals surface area contributed by atoms with Gasteiger partial charge < -0.3 is 19.9 Å². The molecular weight excluding hydrogens is 501 g/mol. The van der Waals surface area contributed by atoms with E-state index in [0.29, 0.717) is 43.2 Å². The molecule has 2 bridgehead atoms. The highest BCUT2D eigenvalue weighted by Gasteiger charge is 2.37. The number of halogens is 2.